The first-order valence-electron chi connectivity index (χ1n) is 3.65. The van der Waals surface area contributed by atoms with Gasteiger partial charge in [-0.25, -0.2) is 18.7 Å². The molecule has 0 atom stereocenters. The highest BCUT2D eigenvalue weighted by atomic mass is 35.5. The molecule has 2 aromatic rings. The summed E-state index contributed by atoms with van der Waals surface area (Å²) in [6, 6.07) is 1.30. The number of carboxylic acid groups (broad SMARTS) is 1. The summed E-state index contributed by atoms with van der Waals surface area (Å²) >= 11 is 5.56. The van der Waals surface area contributed by atoms with E-state index < -0.39 is 11.9 Å². The maximum Gasteiger partial charge on any atom is 0.416 e. The van der Waals surface area contributed by atoms with E-state index in [1.54, 1.807) is 0 Å². The lowest BCUT2D eigenvalue weighted by atomic mass is 10.3. The van der Waals surface area contributed by atoms with Crippen LogP contribution in [0.5, 0.6) is 0 Å². The van der Waals surface area contributed by atoms with Crippen molar-refractivity contribution in [1.29, 1.82) is 0 Å². The Bertz CT molecular complexity index is 523. The molecule has 14 heavy (non-hydrogen) atoms. The molecule has 0 aliphatic rings. The molecule has 0 bridgehead atoms. The van der Waals surface area contributed by atoms with Gasteiger partial charge in [-0.2, -0.15) is 0 Å². The van der Waals surface area contributed by atoms with Crippen LogP contribution in [0.4, 0.5) is 9.18 Å². The molecule has 2 aromatic heterocycles. The second-order valence-corrected chi connectivity index (χ2v) is 3.04. The summed E-state index contributed by atoms with van der Waals surface area (Å²) in [5.41, 5.74) is 0.190. The zero-order valence-electron chi connectivity index (χ0n) is 6.74. The second-order valence-electron chi connectivity index (χ2n) is 2.65. The molecule has 0 unspecified atom stereocenters. The molecular formula is C8H4ClFN2O2. The Morgan fingerprint density at radius 1 is 1.64 bits per heavy atom. The quantitative estimate of drug-likeness (QED) is 0.685. The van der Waals surface area contributed by atoms with Crippen LogP contribution in [-0.4, -0.2) is 20.8 Å². The van der Waals surface area contributed by atoms with Crippen LogP contribution in [0.15, 0.2) is 18.5 Å². The molecule has 0 spiro atoms. The fourth-order valence-electron chi connectivity index (χ4n) is 1.21. The molecule has 6 heteroatoms. The van der Waals surface area contributed by atoms with Crippen molar-refractivity contribution in [3.05, 3.63) is 29.4 Å². The van der Waals surface area contributed by atoms with Crippen LogP contribution in [0.25, 0.3) is 10.9 Å². The van der Waals surface area contributed by atoms with Crippen LogP contribution in [0.1, 0.15) is 0 Å². The summed E-state index contributed by atoms with van der Waals surface area (Å²) in [6.07, 6.45) is 0.818. The summed E-state index contributed by atoms with van der Waals surface area (Å²) in [7, 11) is 0. The van der Waals surface area contributed by atoms with Crippen molar-refractivity contribution in [3.8, 4) is 0 Å². The van der Waals surface area contributed by atoms with Crippen molar-refractivity contribution in [3.63, 3.8) is 0 Å². The molecule has 0 radical (unpaired) electrons. The van der Waals surface area contributed by atoms with Gasteiger partial charge in [0.05, 0.1) is 17.1 Å². The van der Waals surface area contributed by atoms with Gasteiger partial charge in [-0.05, 0) is 0 Å². The summed E-state index contributed by atoms with van der Waals surface area (Å²) in [5.74, 6) is -0.633. The molecule has 2 heterocycles. The van der Waals surface area contributed by atoms with Gasteiger partial charge in [-0.15, -0.1) is 0 Å². The highest BCUT2D eigenvalue weighted by Gasteiger charge is 2.13. The Kier molecular flexibility index (Phi) is 1.89. The van der Waals surface area contributed by atoms with E-state index in [4.69, 9.17) is 16.7 Å². The number of hydrogen-bond acceptors (Lipinski definition) is 2. The standard InChI is InChI=1S/C8H4ClFN2O2/c9-7-1-6-4(2-11-7)5(10)3-12(6)8(13)14/h1-3H,(H,13,14). The molecule has 0 saturated heterocycles. The number of aromatic nitrogens is 2. The first-order chi connectivity index (χ1) is 6.59. The molecule has 0 aromatic carbocycles. The summed E-state index contributed by atoms with van der Waals surface area (Å²) in [5, 5.41) is 8.98. The van der Waals surface area contributed by atoms with E-state index in [9.17, 15) is 9.18 Å². The number of rotatable bonds is 0. The zero-order chi connectivity index (χ0) is 10.3. The number of carbonyl (C=O) groups is 1. The lowest BCUT2D eigenvalue weighted by Crippen LogP contribution is -2.05. The number of halogens is 2. The molecule has 2 rings (SSSR count). The van der Waals surface area contributed by atoms with E-state index in [-0.39, 0.29) is 16.1 Å². The maximum atomic E-state index is 13.1. The van der Waals surface area contributed by atoms with E-state index in [1.165, 1.54) is 12.3 Å². The predicted octanol–water partition coefficient (Wildman–Crippen LogP) is 2.35. The van der Waals surface area contributed by atoms with Crippen molar-refractivity contribution in [1.82, 2.24) is 9.55 Å². The van der Waals surface area contributed by atoms with Crippen molar-refractivity contribution in [2.75, 3.05) is 0 Å². The Hall–Kier alpha value is -1.62. The average Bonchev–Trinajstić information content (AvgIpc) is 2.43. The maximum absolute atomic E-state index is 13.1. The molecule has 0 amide bonds. The highest BCUT2D eigenvalue weighted by Crippen LogP contribution is 2.21. The smallest absolute Gasteiger partial charge is 0.416 e. The van der Waals surface area contributed by atoms with Gasteiger partial charge >= 0.3 is 6.09 Å². The van der Waals surface area contributed by atoms with Gasteiger partial charge in [-0.1, -0.05) is 11.6 Å². The third-order valence-corrected chi connectivity index (χ3v) is 2.02. The van der Waals surface area contributed by atoms with Crippen molar-refractivity contribution < 1.29 is 14.3 Å². The van der Waals surface area contributed by atoms with E-state index in [1.807, 2.05) is 0 Å². The summed E-state index contributed by atoms with van der Waals surface area (Å²) in [6.45, 7) is 0. The minimum absolute atomic E-state index is 0.123. The Balaban J connectivity index is 2.85. The SMILES string of the molecule is O=C(O)n1cc(F)c2cnc(Cl)cc21. The second kappa shape index (κ2) is 2.95. The minimum Gasteiger partial charge on any atom is -0.464 e. The lowest BCUT2D eigenvalue weighted by molar-refractivity contribution is 0.197. The fourth-order valence-corrected chi connectivity index (χ4v) is 1.37. The van der Waals surface area contributed by atoms with E-state index in [2.05, 4.69) is 4.98 Å². The van der Waals surface area contributed by atoms with Gasteiger partial charge in [-0.3, -0.25) is 0 Å². The molecule has 0 saturated carbocycles. The fraction of sp³-hybridized carbons (Fsp3) is 0. The molecule has 72 valence electrons. The molecule has 4 nitrogen and oxygen atoms in total. The summed E-state index contributed by atoms with van der Waals surface area (Å²) < 4.78 is 13.9. The Morgan fingerprint density at radius 3 is 3.00 bits per heavy atom. The van der Waals surface area contributed by atoms with Crippen LogP contribution in [0.3, 0.4) is 0 Å². The first kappa shape index (κ1) is 8.96. The first-order valence-corrected chi connectivity index (χ1v) is 4.03. The van der Waals surface area contributed by atoms with Gasteiger partial charge in [0.15, 0.2) is 5.82 Å². The van der Waals surface area contributed by atoms with Crippen molar-refractivity contribution in [2.45, 2.75) is 0 Å². The van der Waals surface area contributed by atoms with Gasteiger partial charge < -0.3 is 5.11 Å². The van der Waals surface area contributed by atoms with E-state index in [0.717, 1.165) is 10.8 Å². The van der Waals surface area contributed by atoms with E-state index in [0.29, 0.717) is 0 Å². The average molecular weight is 215 g/mol. The number of pyridine rings is 1. The molecular weight excluding hydrogens is 211 g/mol. The topological polar surface area (TPSA) is 55.1 Å². The minimum atomic E-state index is -1.26. The van der Waals surface area contributed by atoms with Crippen molar-refractivity contribution in [2.24, 2.45) is 0 Å². The molecule has 0 aliphatic carbocycles. The zero-order valence-corrected chi connectivity index (χ0v) is 7.49. The van der Waals surface area contributed by atoms with Crippen LogP contribution in [0.2, 0.25) is 5.15 Å². The van der Waals surface area contributed by atoms with Gasteiger partial charge in [0.25, 0.3) is 0 Å². The van der Waals surface area contributed by atoms with E-state index >= 15 is 0 Å². The molecule has 0 fully saturated rings. The Labute approximate surface area is 82.5 Å². The van der Waals surface area contributed by atoms with Crippen LogP contribution >= 0.6 is 11.6 Å². The van der Waals surface area contributed by atoms with Crippen LogP contribution < -0.4 is 0 Å². The third kappa shape index (κ3) is 1.22. The highest BCUT2D eigenvalue weighted by molar-refractivity contribution is 6.30. The summed E-state index contributed by atoms with van der Waals surface area (Å²) in [4.78, 5) is 14.3. The number of fused-ring (bicyclic) bond motifs is 1. The van der Waals surface area contributed by atoms with Crippen molar-refractivity contribution >= 4 is 28.6 Å². The van der Waals surface area contributed by atoms with Crippen LogP contribution in [-0.2, 0) is 0 Å². The monoisotopic (exact) mass is 214 g/mol. The van der Waals surface area contributed by atoms with Gasteiger partial charge in [0.1, 0.15) is 5.15 Å². The normalized spacial score (nSPS) is 10.7. The third-order valence-electron chi connectivity index (χ3n) is 1.81. The number of nitrogens with zero attached hydrogens (tertiary/aromatic N) is 2. The van der Waals surface area contributed by atoms with Gasteiger partial charge in [0, 0.05) is 12.3 Å². The molecule has 1 N–H and O–H groups in total. The van der Waals surface area contributed by atoms with Gasteiger partial charge in [0.2, 0.25) is 0 Å². The largest absolute Gasteiger partial charge is 0.464 e. The molecule has 0 aliphatic heterocycles. The predicted molar refractivity (Wildman–Crippen MR) is 48.1 cm³/mol. The van der Waals surface area contributed by atoms with Crippen LogP contribution in [0, 0.1) is 5.82 Å². The lowest BCUT2D eigenvalue weighted by Gasteiger charge is -1.96. The number of hydrogen-bond donors (Lipinski definition) is 1. The Morgan fingerprint density at radius 2 is 2.36 bits per heavy atom.